The maximum Gasteiger partial charge on any atom is 0.421 e. The smallest absolute Gasteiger partial charge is 0.421 e. The van der Waals surface area contributed by atoms with Crippen molar-refractivity contribution in [1.82, 2.24) is 0 Å². The van der Waals surface area contributed by atoms with Crippen LogP contribution in [0.2, 0.25) is 0 Å². The molecule has 1 unspecified atom stereocenters. The summed E-state index contributed by atoms with van der Waals surface area (Å²) in [6.45, 7) is -0.552. The molecular weight excluding hydrogens is 695 g/mol. The molecule has 1 N–H and O–H groups in total. The second-order valence-electron chi connectivity index (χ2n) is 14.7. The van der Waals surface area contributed by atoms with Gasteiger partial charge in [-0.1, -0.05) is 206 Å². The molecule has 0 heterocycles. The number of esters is 2. The first-order valence-corrected chi connectivity index (χ1v) is 24.1. The first-order chi connectivity index (χ1) is 25.3. The number of carbonyl (C=O) groups is 2. The Morgan fingerprint density at radius 1 is 0.519 bits per heavy atom. The summed E-state index contributed by atoms with van der Waals surface area (Å²) in [7, 11) is 0. The summed E-state index contributed by atoms with van der Waals surface area (Å²) < 4.78 is 26.7. The van der Waals surface area contributed by atoms with Gasteiger partial charge in [0, 0.05) is 23.4 Å². The van der Waals surface area contributed by atoms with Gasteiger partial charge in [0.25, 0.3) is 0 Å². The monoisotopic (exact) mass is 775 g/mol. The van der Waals surface area contributed by atoms with Crippen LogP contribution in [0.1, 0.15) is 219 Å². The first-order valence-electron chi connectivity index (χ1n) is 21.7. The molecule has 0 saturated heterocycles. The van der Waals surface area contributed by atoms with Crippen molar-refractivity contribution in [3.8, 4) is 0 Å². The Hall–Kier alpha value is -1.14. The van der Waals surface area contributed by atoms with Crippen LogP contribution in [0.3, 0.4) is 0 Å². The molecule has 0 aliphatic carbocycles. The highest BCUT2D eigenvalue weighted by Gasteiger charge is 2.22. The normalized spacial score (nSPS) is 13.5. The van der Waals surface area contributed by atoms with Crippen molar-refractivity contribution in [3.05, 3.63) is 24.3 Å². The highest BCUT2D eigenvalue weighted by atomic mass is 35.7. The van der Waals surface area contributed by atoms with Gasteiger partial charge in [-0.3, -0.25) is 4.52 Å². The average Bonchev–Trinajstić information content (AvgIpc) is 3.11. The van der Waals surface area contributed by atoms with Crippen molar-refractivity contribution >= 4 is 30.1 Å². The maximum atomic E-state index is 12.3. The van der Waals surface area contributed by atoms with Crippen LogP contribution >= 0.6 is 18.2 Å². The van der Waals surface area contributed by atoms with Gasteiger partial charge in [0.2, 0.25) is 0 Å². The molecule has 0 saturated carbocycles. The largest absolute Gasteiger partial charge is 0.458 e. The van der Waals surface area contributed by atoms with Crippen LogP contribution in [0.15, 0.2) is 24.3 Å². The number of hydrogen-bond donors (Lipinski definition) is 1. The van der Waals surface area contributed by atoms with Crippen LogP contribution < -0.4 is 0 Å². The van der Waals surface area contributed by atoms with Gasteiger partial charge in [-0.2, -0.15) is 0 Å². The minimum Gasteiger partial charge on any atom is -0.458 e. The van der Waals surface area contributed by atoms with E-state index in [0.717, 1.165) is 38.5 Å². The lowest BCUT2D eigenvalue weighted by Gasteiger charge is -2.17. The Morgan fingerprint density at radius 2 is 0.827 bits per heavy atom. The summed E-state index contributed by atoms with van der Waals surface area (Å²) >= 11 is 5.29. The lowest BCUT2D eigenvalue weighted by atomic mass is 10.0. The van der Waals surface area contributed by atoms with Crippen LogP contribution in [0.25, 0.3) is 0 Å². The fraction of sp³-hybridized carbons (Fsp3) is 0.860. The van der Waals surface area contributed by atoms with Gasteiger partial charge in [-0.15, -0.1) is 0 Å². The third kappa shape index (κ3) is 41.6. The molecule has 7 nitrogen and oxygen atoms in total. The molecule has 0 radical (unpaired) electrons. The topological polar surface area (TPSA) is 99.1 Å². The van der Waals surface area contributed by atoms with Gasteiger partial charge in [-0.25, -0.2) is 14.2 Å². The predicted octanol–water partition coefficient (Wildman–Crippen LogP) is 14.4. The van der Waals surface area contributed by atoms with Crippen molar-refractivity contribution in [2.24, 2.45) is 0 Å². The molecule has 0 aromatic rings. The number of halogens is 1. The fourth-order valence-corrected chi connectivity index (χ4v) is 6.86. The zero-order chi connectivity index (χ0) is 38.2. The molecule has 0 bridgehead atoms. The highest BCUT2D eigenvalue weighted by Crippen LogP contribution is 2.47. The first kappa shape index (κ1) is 50.9. The third-order valence-corrected chi connectivity index (χ3v) is 10.3. The number of carbonyl (C=O) groups excluding carboxylic acids is 2. The summed E-state index contributed by atoms with van der Waals surface area (Å²) in [5.74, 6) is -1.19. The van der Waals surface area contributed by atoms with Crippen LogP contribution in [-0.2, 0) is 28.2 Å². The van der Waals surface area contributed by atoms with Crippen LogP contribution in [0, 0.1) is 0 Å². The zero-order valence-corrected chi connectivity index (χ0v) is 35.3. The molecule has 0 spiro atoms. The second-order valence-corrected chi connectivity index (χ2v) is 17.2. The Labute approximate surface area is 325 Å². The summed E-state index contributed by atoms with van der Waals surface area (Å²) in [5.41, 5.74) is 0. The molecule has 0 amide bonds. The Morgan fingerprint density at radius 3 is 1.15 bits per heavy atom. The summed E-state index contributed by atoms with van der Waals surface area (Å²) in [6.07, 6.45) is 46.0. The van der Waals surface area contributed by atoms with Gasteiger partial charge >= 0.3 is 18.9 Å². The van der Waals surface area contributed by atoms with Gasteiger partial charge in [-0.05, 0) is 25.7 Å². The molecule has 2 atom stereocenters. The molecule has 0 fully saturated rings. The number of allylic oxidation sites excluding steroid dienone is 2. The van der Waals surface area contributed by atoms with Crippen molar-refractivity contribution in [2.45, 2.75) is 225 Å². The van der Waals surface area contributed by atoms with Gasteiger partial charge < -0.3 is 14.4 Å². The van der Waals surface area contributed by atoms with Gasteiger partial charge in [0.1, 0.15) is 6.61 Å². The predicted molar refractivity (Wildman–Crippen MR) is 220 cm³/mol. The molecule has 52 heavy (non-hydrogen) atoms. The lowest BCUT2D eigenvalue weighted by molar-refractivity contribution is -0.154. The van der Waals surface area contributed by atoms with E-state index in [0.29, 0.717) is 0 Å². The standard InChI is InChI=1S/C43H80ClO7P/c1-3-5-7-9-11-13-15-17-19-21-23-25-27-29-31-33-35-37-42(45)49-39-41(40-50-52(44,47)48)51-43(46)38-36-34-32-30-28-26-24-22-20-18-16-14-12-10-8-6-4-2/h35-38,41H,3-34,39-40H2,1-2H3,(H,47,48)/t41-/m1/s1. The average molecular weight is 776 g/mol. The van der Waals surface area contributed by atoms with E-state index in [2.05, 4.69) is 13.8 Å². The van der Waals surface area contributed by atoms with Gasteiger partial charge in [0.05, 0.1) is 6.61 Å². The molecule has 9 heteroatoms. The van der Waals surface area contributed by atoms with Crippen LogP contribution in [0.5, 0.6) is 0 Å². The highest BCUT2D eigenvalue weighted by molar-refractivity contribution is 7.80. The number of ether oxygens (including phenoxy) is 2. The second kappa shape index (κ2) is 39.6. The molecule has 0 aliphatic heterocycles. The van der Waals surface area contributed by atoms with E-state index in [4.69, 9.17) is 25.2 Å². The molecule has 0 aromatic carbocycles. The molecular formula is C43H80ClO7P. The van der Waals surface area contributed by atoms with E-state index in [-0.39, 0.29) is 6.61 Å². The quantitative estimate of drug-likeness (QED) is 0.0286. The van der Waals surface area contributed by atoms with E-state index in [1.54, 1.807) is 12.2 Å². The van der Waals surface area contributed by atoms with Gasteiger partial charge in [0.15, 0.2) is 6.10 Å². The SMILES string of the molecule is CCCCCCCCCCCCCCCCCC=CC(=O)OC[C@H](COP(=O)(O)Cl)OC(=O)C=CCCCCCCCCCCCCCCCCC. The van der Waals surface area contributed by atoms with E-state index in [9.17, 15) is 19.0 Å². The van der Waals surface area contributed by atoms with E-state index < -0.39 is 31.6 Å². The number of rotatable bonds is 40. The maximum absolute atomic E-state index is 12.3. The fourth-order valence-electron chi connectivity index (χ4n) is 6.34. The third-order valence-electron chi connectivity index (χ3n) is 9.57. The van der Waals surface area contributed by atoms with Crippen molar-refractivity contribution in [3.63, 3.8) is 0 Å². The summed E-state index contributed by atoms with van der Waals surface area (Å²) in [5, 5.41) is 0. The number of hydrogen-bond acceptors (Lipinski definition) is 6. The molecule has 0 rings (SSSR count). The molecule has 0 aliphatic rings. The minimum absolute atomic E-state index is 0.308. The Kier molecular flexibility index (Phi) is 38.7. The van der Waals surface area contributed by atoms with Crippen molar-refractivity contribution < 1.29 is 33.0 Å². The zero-order valence-electron chi connectivity index (χ0n) is 33.7. The number of unbranched alkanes of at least 4 members (excludes halogenated alkanes) is 30. The van der Waals surface area contributed by atoms with E-state index >= 15 is 0 Å². The molecule has 0 aromatic heterocycles. The lowest BCUT2D eigenvalue weighted by Crippen LogP contribution is -2.28. The van der Waals surface area contributed by atoms with Crippen molar-refractivity contribution in [1.29, 1.82) is 0 Å². The van der Waals surface area contributed by atoms with Crippen LogP contribution in [0.4, 0.5) is 0 Å². The summed E-state index contributed by atoms with van der Waals surface area (Å²) in [6, 6.07) is 0. The Balaban J connectivity index is 3.96. The van der Waals surface area contributed by atoms with E-state index in [1.165, 1.54) is 179 Å². The minimum atomic E-state index is -4.31. The van der Waals surface area contributed by atoms with Crippen molar-refractivity contribution in [2.75, 3.05) is 13.2 Å². The Bertz CT molecular complexity index is 904. The summed E-state index contributed by atoms with van der Waals surface area (Å²) in [4.78, 5) is 33.8. The van der Waals surface area contributed by atoms with Crippen LogP contribution in [-0.4, -0.2) is 36.1 Å². The van der Waals surface area contributed by atoms with E-state index in [1.807, 2.05) is 0 Å². The molecule has 306 valence electrons.